The molecule has 0 aliphatic carbocycles. The van der Waals surface area contributed by atoms with Crippen molar-refractivity contribution in [3.8, 4) is 0 Å². The number of thioether (sulfide) groups is 1. The molecule has 0 spiro atoms. The van der Waals surface area contributed by atoms with Crippen LogP contribution in [-0.4, -0.2) is 29.7 Å². The van der Waals surface area contributed by atoms with Crippen molar-refractivity contribution in [2.75, 3.05) is 12.9 Å². The molecule has 2 aromatic heterocycles. The number of aromatic nitrogens is 1. The number of halogens is 1. The van der Waals surface area contributed by atoms with E-state index in [-0.39, 0.29) is 18.3 Å². The number of fused-ring (bicyclic) bond motifs is 2. The molecule has 0 bridgehead atoms. The normalized spacial score (nSPS) is 11.0. The van der Waals surface area contributed by atoms with Crippen molar-refractivity contribution >= 4 is 55.9 Å². The number of carbonyl (C=O) groups excluding carboxylic acids is 2. The largest absolute Gasteiger partial charge is 0.380 e. The van der Waals surface area contributed by atoms with Gasteiger partial charge in [-0.05, 0) is 24.3 Å². The van der Waals surface area contributed by atoms with E-state index in [9.17, 15) is 14.0 Å². The number of hydrazine groups is 1. The predicted molar refractivity (Wildman–Crippen MR) is 121 cm³/mol. The quantitative estimate of drug-likeness (QED) is 0.335. The predicted octanol–water partition coefficient (Wildman–Crippen LogP) is 4.29. The molecule has 2 heterocycles. The summed E-state index contributed by atoms with van der Waals surface area (Å²) in [4.78, 5) is 30.5. The Morgan fingerprint density at radius 1 is 1.13 bits per heavy atom. The van der Waals surface area contributed by atoms with E-state index in [0.717, 1.165) is 27.1 Å². The number of ether oxygens (including phenoxy) is 1. The number of hydrogen-bond acceptors (Lipinski definition) is 6. The number of nitrogens with zero attached hydrogens (tertiary/aromatic N) is 1. The van der Waals surface area contributed by atoms with Gasteiger partial charge >= 0.3 is 0 Å². The molecule has 0 radical (unpaired) electrons. The minimum atomic E-state index is -0.516. The number of hydrogen-bond donors (Lipinski definition) is 2. The van der Waals surface area contributed by atoms with Crippen LogP contribution in [0, 0.1) is 5.82 Å². The molecule has 9 heteroatoms. The maximum absolute atomic E-state index is 14.3. The monoisotopic (exact) mass is 455 g/mol. The summed E-state index contributed by atoms with van der Waals surface area (Å²) in [5.74, 6) is -1.20. The van der Waals surface area contributed by atoms with Crippen molar-refractivity contribution in [1.29, 1.82) is 0 Å². The number of amides is 2. The zero-order valence-corrected chi connectivity index (χ0v) is 18.1. The first-order chi connectivity index (χ1) is 15.1. The lowest BCUT2D eigenvalue weighted by Gasteiger charge is -2.09. The number of rotatable bonds is 6. The van der Waals surface area contributed by atoms with Gasteiger partial charge in [0, 0.05) is 39.2 Å². The van der Waals surface area contributed by atoms with Crippen LogP contribution < -0.4 is 10.9 Å². The molecule has 0 aliphatic heterocycles. The first kappa shape index (κ1) is 21.2. The Morgan fingerprint density at radius 2 is 1.94 bits per heavy atom. The standard InChI is InChI=1S/C22H18FN3O3S2/c1-29-11-14-19-15(23)7-3-8-16(19)31-21(14)22(28)26-25-18(27)12-30-17-9-2-5-13-6-4-10-24-20(13)17/h2-10H,11-12H2,1H3,(H,25,27)(H,26,28). The summed E-state index contributed by atoms with van der Waals surface area (Å²) < 4.78 is 20.1. The van der Waals surface area contributed by atoms with Gasteiger partial charge in [-0.3, -0.25) is 25.4 Å². The van der Waals surface area contributed by atoms with Crippen LogP contribution in [0.25, 0.3) is 21.0 Å². The fraction of sp³-hybridized carbons (Fsp3) is 0.136. The van der Waals surface area contributed by atoms with Gasteiger partial charge in [-0.1, -0.05) is 24.3 Å². The summed E-state index contributed by atoms with van der Waals surface area (Å²) in [7, 11) is 1.48. The minimum absolute atomic E-state index is 0.0849. The summed E-state index contributed by atoms with van der Waals surface area (Å²) in [5, 5.41) is 1.36. The van der Waals surface area contributed by atoms with Gasteiger partial charge < -0.3 is 4.74 Å². The number of carbonyl (C=O) groups is 2. The molecular formula is C22H18FN3O3S2. The maximum Gasteiger partial charge on any atom is 0.280 e. The minimum Gasteiger partial charge on any atom is -0.380 e. The van der Waals surface area contributed by atoms with Crippen LogP contribution in [0.3, 0.4) is 0 Å². The summed E-state index contributed by atoms with van der Waals surface area (Å²) in [6.07, 6.45) is 1.71. The molecule has 2 amide bonds. The maximum atomic E-state index is 14.3. The lowest BCUT2D eigenvalue weighted by atomic mass is 10.1. The first-order valence-corrected chi connectivity index (χ1v) is 11.1. The number of nitrogens with one attached hydrogen (secondary N) is 2. The highest BCUT2D eigenvalue weighted by atomic mass is 32.2. The number of methoxy groups -OCH3 is 1. The molecule has 0 atom stereocenters. The molecular weight excluding hydrogens is 437 g/mol. The van der Waals surface area contributed by atoms with Gasteiger partial charge in [0.15, 0.2) is 0 Å². The summed E-state index contributed by atoms with van der Waals surface area (Å²) >= 11 is 2.48. The lowest BCUT2D eigenvalue weighted by molar-refractivity contribution is -0.119. The Hall–Kier alpha value is -3.01. The number of pyridine rings is 1. The van der Waals surface area contributed by atoms with Crippen LogP contribution in [0.2, 0.25) is 0 Å². The number of thiophene rings is 1. The zero-order valence-electron chi connectivity index (χ0n) is 16.5. The fourth-order valence-corrected chi connectivity index (χ4v) is 5.15. The van der Waals surface area contributed by atoms with Crippen LogP contribution in [0.15, 0.2) is 59.6 Å². The molecule has 31 heavy (non-hydrogen) atoms. The van der Waals surface area contributed by atoms with Crippen LogP contribution in [0.5, 0.6) is 0 Å². The van der Waals surface area contributed by atoms with Gasteiger partial charge in [0.25, 0.3) is 5.91 Å². The van der Waals surface area contributed by atoms with E-state index in [1.165, 1.54) is 24.9 Å². The average molecular weight is 456 g/mol. The third kappa shape index (κ3) is 4.53. The van der Waals surface area contributed by atoms with Crippen LogP contribution in [-0.2, 0) is 16.1 Å². The van der Waals surface area contributed by atoms with Crippen molar-refractivity contribution in [1.82, 2.24) is 15.8 Å². The summed E-state index contributed by atoms with van der Waals surface area (Å²) in [6, 6.07) is 14.3. The second-order valence-electron chi connectivity index (χ2n) is 6.58. The van der Waals surface area contributed by atoms with Crippen LogP contribution in [0.4, 0.5) is 4.39 Å². The topological polar surface area (TPSA) is 80.3 Å². The molecule has 0 saturated carbocycles. The van der Waals surface area contributed by atoms with E-state index >= 15 is 0 Å². The lowest BCUT2D eigenvalue weighted by Crippen LogP contribution is -2.42. The van der Waals surface area contributed by atoms with Gasteiger partial charge in [0.2, 0.25) is 5.91 Å². The number of para-hydroxylation sites is 1. The highest BCUT2D eigenvalue weighted by molar-refractivity contribution is 8.00. The van der Waals surface area contributed by atoms with E-state index in [1.54, 1.807) is 18.3 Å². The van der Waals surface area contributed by atoms with E-state index in [1.807, 2.05) is 30.3 Å². The van der Waals surface area contributed by atoms with E-state index in [4.69, 9.17) is 4.74 Å². The first-order valence-electron chi connectivity index (χ1n) is 9.33. The molecule has 4 aromatic rings. The number of benzene rings is 2. The van der Waals surface area contributed by atoms with Crippen molar-refractivity contribution in [3.05, 3.63) is 71.0 Å². The third-order valence-corrected chi connectivity index (χ3v) is 6.77. The van der Waals surface area contributed by atoms with Crippen molar-refractivity contribution in [3.63, 3.8) is 0 Å². The van der Waals surface area contributed by atoms with Gasteiger partial charge in [-0.15, -0.1) is 23.1 Å². The second-order valence-corrected chi connectivity index (χ2v) is 8.65. The average Bonchev–Trinajstić information content (AvgIpc) is 3.16. The molecule has 0 unspecified atom stereocenters. The smallest absolute Gasteiger partial charge is 0.280 e. The van der Waals surface area contributed by atoms with Crippen molar-refractivity contribution in [2.24, 2.45) is 0 Å². The fourth-order valence-electron chi connectivity index (χ4n) is 3.19. The zero-order chi connectivity index (χ0) is 21.8. The molecule has 0 aliphatic rings. The van der Waals surface area contributed by atoms with Gasteiger partial charge in [0.05, 0.1) is 17.9 Å². The van der Waals surface area contributed by atoms with Crippen molar-refractivity contribution in [2.45, 2.75) is 11.5 Å². The molecule has 4 rings (SSSR count). The molecule has 0 fully saturated rings. The van der Waals surface area contributed by atoms with Gasteiger partial charge in [-0.25, -0.2) is 4.39 Å². The van der Waals surface area contributed by atoms with Crippen molar-refractivity contribution < 1.29 is 18.7 Å². The summed E-state index contributed by atoms with van der Waals surface area (Å²) in [6.45, 7) is 0.0849. The molecule has 158 valence electrons. The highest BCUT2D eigenvalue weighted by Gasteiger charge is 2.21. The Kier molecular flexibility index (Phi) is 6.45. The van der Waals surface area contributed by atoms with E-state index in [2.05, 4.69) is 15.8 Å². The van der Waals surface area contributed by atoms with E-state index in [0.29, 0.717) is 20.5 Å². The third-order valence-electron chi connectivity index (χ3n) is 4.53. The van der Waals surface area contributed by atoms with E-state index < -0.39 is 11.7 Å². The van der Waals surface area contributed by atoms with Crippen LogP contribution >= 0.6 is 23.1 Å². The van der Waals surface area contributed by atoms with Gasteiger partial charge in [-0.2, -0.15) is 0 Å². The molecule has 2 N–H and O–H groups in total. The van der Waals surface area contributed by atoms with Crippen LogP contribution in [0.1, 0.15) is 15.2 Å². The Balaban J connectivity index is 1.42. The summed E-state index contributed by atoms with van der Waals surface area (Å²) in [5.41, 5.74) is 6.12. The Morgan fingerprint density at radius 3 is 2.77 bits per heavy atom. The Bertz CT molecular complexity index is 1270. The highest BCUT2D eigenvalue weighted by Crippen LogP contribution is 2.33. The molecule has 6 nitrogen and oxygen atoms in total. The molecule has 2 aromatic carbocycles. The molecule has 0 saturated heterocycles. The van der Waals surface area contributed by atoms with Gasteiger partial charge in [0.1, 0.15) is 10.7 Å². The Labute approximate surface area is 185 Å². The second kappa shape index (κ2) is 9.42. The SMILES string of the molecule is COCc1c(C(=O)NNC(=O)CSc2cccc3cccnc23)sc2cccc(F)c12.